The third kappa shape index (κ3) is 3.74. The average Bonchev–Trinajstić information content (AvgIpc) is 2.47. The van der Waals surface area contributed by atoms with Crippen molar-refractivity contribution in [3.63, 3.8) is 0 Å². The van der Waals surface area contributed by atoms with Gasteiger partial charge in [0.25, 0.3) is 0 Å². The minimum Gasteiger partial charge on any atom is -0.389 e. The van der Waals surface area contributed by atoms with Gasteiger partial charge in [-0.15, -0.1) is 0 Å². The molecule has 5 heteroatoms. The maximum absolute atomic E-state index is 12.5. The topological polar surface area (TPSA) is 62.5 Å². The highest BCUT2D eigenvalue weighted by Crippen LogP contribution is 2.11. The first kappa shape index (κ1) is 16.2. The number of benzene rings is 1. The molecule has 1 heterocycles. The van der Waals surface area contributed by atoms with Gasteiger partial charge in [-0.2, -0.15) is 0 Å². The summed E-state index contributed by atoms with van der Waals surface area (Å²) < 4.78 is 1.77. The molecule has 0 spiro atoms. The summed E-state index contributed by atoms with van der Waals surface area (Å²) in [5, 5.41) is 10.5. The fraction of sp³-hybridized carbons (Fsp3) is 0.412. The lowest BCUT2D eigenvalue weighted by Crippen LogP contribution is -2.43. The average molecular weight is 302 g/mol. The van der Waals surface area contributed by atoms with Gasteiger partial charge in [-0.3, -0.25) is 9.59 Å². The zero-order valence-corrected chi connectivity index (χ0v) is 13.2. The summed E-state index contributed by atoms with van der Waals surface area (Å²) >= 11 is 0. The quantitative estimate of drug-likeness (QED) is 0.913. The molecule has 0 radical (unpaired) electrons. The highest BCUT2D eigenvalue weighted by atomic mass is 16.3. The van der Waals surface area contributed by atoms with Gasteiger partial charge in [0.05, 0.1) is 11.1 Å². The highest BCUT2D eigenvalue weighted by molar-refractivity contribution is 5.82. The number of hydrogen-bond acceptors (Lipinski definition) is 3. The molecule has 0 saturated heterocycles. The van der Waals surface area contributed by atoms with Crippen LogP contribution >= 0.6 is 0 Å². The lowest BCUT2D eigenvalue weighted by Gasteiger charge is -2.28. The Labute approximate surface area is 129 Å². The first-order valence-electron chi connectivity index (χ1n) is 7.40. The lowest BCUT2D eigenvalue weighted by atomic mass is 10.1. The Bertz CT molecular complexity index is 728. The number of aliphatic hydroxyl groups is 1. The van der Waals surface area contributed by atoms with Crippen molar-refractivity contribution < 1.29 is 9.90 Å². The summed E-state index contributed by atoms with van der Waals surface area (Å²) in [6.07, 6.45) is 1.64. The van der Waals surface area contributed by atoms with Crippen molar-refractivity contribution in [1.29, 1.82) is 0 Å². The molecule has 1 aromatic heterocycles. The Morgan fingerprint density at radius 3 is 2.59 bits per heavy atom. The smallest absolute Gasteiger partial charge is 0.242 e. The van der Waals surface area contributed by atoms with Crippen LogP contribution in [0.25, 0.3) is 10.9 Å². The number of hydrogen-bond donors (Lipinski definition) is 1. The molecular formula is C17H22N2O3. The summed E-state index contributed by atoms with van der Waals surface area (Å²) in [6, 6.07) is 8.71. The van der Waals surface area contributed by atoms with Crippen LogP contribution in [0.5, 0.6) is 0 Å². The number of aromatic nitrogens is 1. The maximum atomic E-state index is 12.5. The molecule has 0 saturated carbocycles. The highest BCUT2D eigenvalue weighted by Gasteiger charge is 2.21. The minimum absolute atomic E-state index is 0.0526. The first-order chi connectivity index (χ1) is 10.3. The van der Waals surface area contributed by atoms with Crippen molar-refractivity contribution in [3.05, 3.63) is 46.8 Å². The summed E-state index contributed by atoms with van der Waals surface area (Å²) in [4.78, 5) is 25.9. The zero-order chi connectivity index (χ0) is 16.3. The number of fused-ring (bicyclic) bond motifs is 1. The predicted molar refractivity (Wildman–Crippen MR) is 86.8 cm³/mol. The van der Waals surface area contributed by atoms with Crippen molar-refractivity contribution in [3.8, 4) is 0 Å². The molecule has 22 heavy (non-hydrogen) atoms. The summed E-state index contributed by atoms with van der Waals surface area (Å²) in [5.41, 5.74) is -0.247. The van der Waals surface area contributed by atoms with Crippen molar-refractivity contribution in [2.75, 3.05) is 13.1 Å². The van der Waals surface area contributed by atoms with E-state index in [4.69, 9.17) is 0 Å². The van der Waals surface area contributed by atoms with Gasteiger partial charge in [-0.1, -0.05) is 12.1 Å². The Kier molecular flexibility index (Phi) is 4.66. The van der Waals surface area contributed by atoms with Gasteiger partial charge in [0.2, 0.25) is 5.91 Å². The molecule has 2 aromatic rings. The third-order valence-electron chi connectivity index (χ3n) is 3.50. The van der Waals surface area contributed by atoms with E-state index < -0.39 is 5.60 Å². The van der Waals surface area contributed by atoms with Crippen LogP contribution in [0.3, 0.4) is 0 Å². The molecule has 0 aliphatic rings. The van der Waals surface area contributed by atoms with Gasteiger partial charge >= 0.3 is 0 Å². The Hall–Kier alpha value is -2.14. The van der Waals surface area contributed by atoms with E-state index in [0.717, 1.165) is 5.52 Å². The monoisotopic (exact) mass is 302 g/mol. The SMILES string of the molecule is CCN(CC(C)(C)O)C(=O)Cn1ccc(=O)c2ccccc21. The molecular weight excluding hydrogens is 280 g/mol. The fourth-order valence-corrected chi connectivity index (χ4v) is 2.49. The molecule has 118 valence electrons. The number of rotatable bonds is 5. The summed E-state index contributed by atoms with van der Waals surface area (Å²) in [5.74, 6) is -0.0848. The van der Waals surface area contributed by atoms with E-state index in [1.807, 2.05) is 25.1 Å². The van der Waals surface area contributed by atoms with E-state index in [1.165, 1.54) is 6.07 Å². The van der Waals surface area contributed by atoms with Crippen LogP contribution < -0.4 is 5.43 Å². The molecule has 1 aromatic carbocycles. The van der Waals surface area contributed by atoms with E-state index >= 15 is 0 Å². The summed E-state index contributed by atoms with van der Waals surface area (Å²) in [6.45, 7) is 6.19. The summed E-state index contributed by atoms with van der Waals surface area (Å²) in [7, 11) is 0. The van der Waals surface area contributed by atoms with E-state index in [9.17, 15) is 14.7 Å². The second-order valence-electron chi connectivity index (χ2n) is 6.05. The number of likely N-dealkylation sites (N-methyl/N-ethyl adjacent to an activating group) is 1. The molecule has 0 atom stereocenters. The normalized spacial score (nSPS) is 11.6. The number of nitrogens with zero attached hydrogens (tertiary/aromatic N) is 2. The second-order valence-corrected chi connectivity index (χ2v) is 6.05. The molecule has 0 aliphatic heterocycles. The van der Waals surface area contributed by atoms with Gasteiger partial charge in [-0.05, 0) is 32.9 Å². The molecule has 1 amide bonds. The molecule has 0 unspecified atom stereocenters. The van der Waals surface area contributed by atoms with Crippen molar-refractivity contribution in [2.45, 2.75) is 32.9 Å². The van der Waals surface area contributed by atoms with Crippen LogP contribution in [-0.2, 0) is 11.3 Å². The lowest BCUT2D eigenvalue weighted by molar-refractivity contribution is -0.134. The largest absolute Gasteiger partial charge is 0.389 e. The molecule has 1 N–H and O–H groups in total. The van der Waals surface area contributed by atoms with E-state index in [1.54, 1.807) is 35.6 Å². The van der Waals surface area contributed by atoms with Gasteiger partial charge in [0.1, 0.15) is 6.54 Å². The zero-order valence-electron chi connectivity index (χ0n) is 13.2. The third-order valence-corrected chi connectivity index (χ3v) is 3.50. The number of carbonyl (C=O) groups is 1. The number of pyridine rings is 1. The van der Waals surface area contributed by atoms with Crippen LogP contribution in [0.2, 0.25) is 0 Å². The van der Waals surface area contributed by atoms with Gasteiger partial charge < -0.3 is 14.6 Å². The maximum Gasteiger partial charge on any atom is 0.242 e. The number of amides is 1. The molecule has 0 fully saturated rings. The predicted octanol–water partition coefficient (Wildman–Crippen LogP) is 1.62. The first-order valence-corrected chi connectivity index (χ1v) is 7.40. The van der Waals surface area contributed by atoms with Crippen LogP contribution in [0, 0.1) is 0 Å². The van der Waals surface area contributed by atoms with E-state index in [-0.39, 0.29) is 24.4 Å². The molecule has 5 nitrogen and oxygen atoms in total. The van der Waals surface area contributed by atoms with Crippen LogP contribution in [0.15, 0.2) is 41.3 Å². The standard InChI is InChI=1S/C17H22N2O3/c1-4-18(12-17(2,3)22)16(21)11-19-10-9-15(20)13-7-5-6-8-14(13)19/h5-10,22H,4,11-12H2,1-3H3. The molecule has 0 aliphatic carbocycles. The Balaban J connectivity index is 2.29. The van der Waals surface area contributed by atoms with Gasteiger partial charge in [-0.25, -0.2) is 0 Å². The van der Waals surface area contributed by atoms with E-state index in [0.29, 0.717) is 11.9 Å². The molecule has 2 rings (SSSR count). The van der Waals surface area contributed by atoms with Gasteiger partial charge in [0.15, 0.2) is 5.43 Å². The Morgan fingerprint density at radius 1 is 1.27 bits per heavy atom. The second kappa shape index (κ2) is 6.32. The van der Waals surface area contributed by atoms with Crippen molar-refractivity contribution >= 4 is 16.8 Å². The van der Waals surface area contributed by atoms with Crippen molar-refractivity contribution in [1.82, 2.24) is 9.47 Å². The van der Waals surface area contributed by atoms with Crippen LogP contribution in [0.1, 0.15) is 20.8 Å². The number of para-hydroxylation sites is 1. The molecule has 0 bridgehead atoms. The minimum atomic E-state index is -0.933. The van der Waals surface area contributed by atoms with Crippen molar-refractivity contribution in [2.24, 2.45) is 0 Å². The van der Waals surface area contributed by atoms with Crippen LogP contribution in [0.4, 0.5) is 0 Å². The fourth-order valence-electron chi connectivity index (χ4n) is 2.49. The Morgan fingerprint density at radius 2 is 1.95 bits per heavy atom. The van der Waals surface area contributed by atoms with Crippen LogP contribution in [-0.4, -0.2) is 39.2 Å². The number of carbonyl (C=O) groups excluding carboxylic acids is 1. The van der Waals surface area contributed by atoms with Gasteiger partial charge in [0, 0.05) is 30.7 Å². The van der Waals surface area contributed by atoms with E-state index in [2.05, 4.69) is 0 Å².